The van der Waals surface area contributed by atoms with E-state index >= 15 is 0 Å². The number of carbonyl (C=O) groups is 2. The van der Waals surface area contributed by atoms with Crippen LogP contribution in [0, 0.1) is 11.8 Å². The van der Waals surface area contributed by atoms with Gasteiger partial charge < -0.3 is 9.47 Å². The minimum atomic E-state index is -5.83. The molecule has 0 saturated carbocycles. The minimum absolute atomic E-state index is 0.0532. The Balaban J connectivity index is 5.00. The number of hydrogen-bond donors (Lipinski definition) is 0. The summed E-state index contributed by atoms with van der Waals surface area (Å²) in [5, 5.41) is 0. The second-order valence-electron chi connectivity index (χ2n) is 5.33. The Morgan fingerprint density at radius 3 is 1.31 bits per heavy atom. The molecule has 0 atom stereocenters. The van der Waals surface area contributed by atoms with E-state index in [-0.39, 0.29) is 6.08 Å². The zero-order valence-electron chi connectivity index (χ0n) is 13.8. The van der Waals surface area contributed by atoms with Crippen LogP contribution in [0.4, 0.5) is 52.7 Å². The first-order valence-corrected chi connectivity index (χ1v) is 6.96. The fourth-order valence-corrected chi connectivity index (χ4v) is 1.46. The molecule has 0 rings (SSSR count). The fraction of sp³-hybridized carbons (Fsp3) is 0.692. The topological polar surface area (TPSA) is 52.6 Å². The van der Waals surface area contributed by atoms with Crippen LogP contribution in [0.5, 0.6) is 0 Å². The van der Waals surface area contributed by atoms with Crippen molar-refractivity contribution in [2.75, 3.05) is 13.2 Å². The molecule has 0 aliphatic heterocycles. The smallest absolute Gasteiger partial charge is 0.403 e. The van der Waals surface area contributed by atoms with Gasteiger partial charge in [-0.3, -0.25) is 0 Å². The predicted octanol–water partition coefficient (Wildman–Crippen LogP) is 4.50. The van der Waals surface area contributed by atoms with Crippen molar-refractivity contribution in [2.45, 2.75) is 31.6 Å². The van der Waals surface area contributed by atoms with Gasteiger partial charge in [0.25, 0.3) is 0 Å². The van der Waals surface area contributed by atoms with Crippen molar-refractivity contribution in [2.24, 2.45) is 11.8 Å². The van der Waals surface area contributed by atoms with Crippen LogP contribution in [0.1, 0.15) is 6.92 Å². The normalized spacial score (nSPS) is 14.4. The molecule has 0 fully saturated rings. The highest BCUT2D eigenvalue weighted by Crippen LogP contribution is 2.40. The maximum Gasteiger partial charge on any atom is 0.403 e. The number of rotatable bonds is 6. The molecule has 0 aromatic heterocycles. The van der Waals surface area contributed by atoms with Crippen LogP contribution in [0.15, 0.2) is 11.6 Å². The lowest BCUT2D eigenvalue weighted by atomic mass is 10.1. The maximum absolute atomic E-state index is 12.3. The lowest BCUT2D eigenvalue weighted by Crippen LogP contribution is -2.40. The molecule has 0 amide bonds. The SMILES string of the molecule is C/C(=C\C(=O)OCC(C(F)(F)F)C(F)(F)F)C(=O)OCC(C(F)(F)F)C(F)(F)F. The highest BCUT2D eigenvalue weighted by molar-refractivity contribution is 5.95. The molecule has 4 nitrogen and oxygen atoms in total. The summed E-state index contributed by atoms with van der Waals surface area (Å²) in [6.07, 6.45) is -23.4. The maximum atomic E-state index is 12.3. The Hall–Kier alpha value is -2.16. The van der Waals surface area contributed by atoms with Crippen molar-refractivity contribution in [1.82, 2.24) is 0 Å². The molecular formula is C13H10F12O4. The van der Waals surface area contributed by atoms with Crippen LogP contribution < -0.4 is 0 Å². The molecule has 0 unspecified atom stereocenters. The summed E-state index contributed by atoms with van der Waals surface area (Å²) in [6, 6.07) is 0. The number of esters is 2. The first-order chi connectivity index (χ1) is 12.7. The van der Waals surface area contributed by atoms with E-state index in [2.05, 4.69) is 9.47 Å². The zero-order valence-corrected chi connectivity index (χ0v) is 13.8. The quantitative estimate of drug-likeness (QED) is 0.334. The Morgan fingerprint density at radius 1 is 0.690 bits per heavy atom. The van der Waals surface area contributed by atoms with Crippen LogP contribution in [-0.2, 0) is 19.1 Å². The van der Waals surface area contributed by atoms with Gasteiger partial charge in [0, 0.05) is 11.6 Å². The van der Waals surface area contributed by atoms with Crippen molar-refractivity contribution < 1.29 is 71.7 Å². The Morgan fingerprint density at radius 2 is 1.00 bits per heavy atom. The first-order valence-electron chi connectivity index (χ1n) is 6.96. The lowest BCUT2D eigenvalue weighted by Gasteiger charge is -2.22. The molecular weight excluding hydrogens is 448 g/mol. The highest BCUT2D eigenvalue weighted by atomic mass is 19.4. The van der Waals surface area contributed by atoms with E-state index in [1.54, 1.807) is 0 Å². The van der Waals surface area contributed by atoms with Gasteiger partial charge in [0.05, 0.1) is 0 Å². The molecule has 0 aliphatic carbocycles. The van der Waals surface area contributed by atoms with Gasteiger partial charge in [-0.25, -0.2) is 9.59 Å². The van der Waals surface area contributed by atoms with Crippen molar-refractivity contribution in [3.63, 3.8) is 0 Å². The van der Waals surface area contributed by atoms with Crippen LogP contribution in [0.3, 0.4) is 0 Å². The number of halogens is 12. The van der Waals surface area contributed by atoms with Crippen molar-refractivity contribution in [3.05, 3.63) is 11.6 Å². The molecule has 0 radical (unpaired) electrons. The first kappa shape index (κ1) is 26.8. The summed E-state index contributed by atoms with van der Waals surface area (Å²) < 4.78 is 154. The Kier molecular flexibility index (Phi) is 8.43. The van der Waals surface area contributed by atoms with E-state index in [9.17, 15) is 62.3 Å². The zero-order chi connectivity index (χ0) is 23.4. The third-order valence-electron chi connectivity index (χ3n) is 3.01. The molecule has 0 spiro atoms. The van der Waals surface area contributed by atoms with E-state index in [1.165, 1.54) is 0 Å². The molecule has 0 saturated heterocycles. The van der Waals surface area contributed by atoms with Gasteiger partial charge in [-0.05, 0) is 6.92 Å². The fourth-order valence-electron chi connectivity index (χ4n) is 1.46. The molecule has 0 aliphatic rings. The molecule has 16 heteroatoms. The van der Waals surface area contributed by atoms with Gasteiger partial charge >= 0.3 is 36.6 Å². The molecule has 29 heavy (non-hydrogen) atoms. The molecule has 170 valence electrons. The van der Waals surface area contributed by atoms with Crippen molar-refractivity contribution in [1.29, 1.82) is 0 Å². The second kappa shape index (κ2) is 9.11. The van der Waals surface area contributed by atoms with Gasteiger partial charge in [-0.2, -0.15) is 52.7 Å². The Bertz CT molecular complexity index is 583. The van der Waals surface area contributed by atoms with E-state index in [4.69, 9.17) is 0 Å². The molecule has 0 aromatic carbocycles. The highest BCUT2D eigenvalue weighted by Gasteiger charge is 2.58. The summed E-state index contributed by atoms with van der Waals surface area (Å²) in [7, 11) is 0. The van der Waals surface area contributed by atoms with Gasteiger partial charge in [0.15, 0.2) is 11.8 Å². The molecule has 0 N–H and O–H groups in total. The molecule has 0 heterocycles. The van der Waals surface area contributed by atoms with E-state index in [0.29, 0.717) is 6.92 Å². The van der Waals surface area contributed by atoms with Gasteiger partial charge in [-0.1, -0.05) is 0 Å². The lowest BCUT2D eigenvalue weighted by molar-refractivity contribution is -0.294. The number of hydrogen-bond acceptors (Lipinski definition) is 4. The standard InChI is InChI=1S/C13H10F12O4/c1-5(9(27)29-4-7(12(20,21)22)13(23,24)25)2-8(26)28-3-6(10(14,15)16)11(17,18)19/h2,6-7H,3-4H2,1H3/b5-2+. The second-order valence-corrected chi connectivity index (χ2v) is 5.33. The molecule has 0 bridgehead atoms. The van der Waals surface area contributed by atoms with Crippen LogP contribution in [0.25, 0.3) is 0 Å². The van der Waals surface area contributed by atoms with E-state index in [0.717, 1.165) is 0 Å². The van der Waals surface area contributed by atoms with Gasteiger partial charge in [-0.15, -0.1) is 0 Å². The van der Waals surface area contributed by atoms with E-state index in [1.807, 2.05) is 0 Å². The summed E-state index contributed by atoms with van der Waals surface area (Å²) in [6.45, 7) is -3.87. The minimum Gasteiger partial charge on any atom is -0.461 e. The van der Waals surface area contributed by atoms with Crippen LogP contribution in [-0.4, -0.2) is 49.9 Å². The summed E-state index contributed by atoms with van der Waals surface area (Å²) >= 11 is 0. The van der Waals surface area contributed by atoms with Crippen LogP contribution >= 0.6 is 0 Å². The third kappa shape index (κ3) is 9.25. The number of alkyl halides is 12. The molecule has 0 aromatic rings. The summed E-state index contributed by atoms with van der Waals surface area (Å²) in [5.41, 5.74) is -1.03. The van der Waals surface area contributed by atoms with Crippen molar-refractivity contribution in [3.8, 4) is 0 Å². The van der Waals surface area contributed by atoms with Gasteiger partial charge in [0.1, 0.15) is 13.2 Å². The summed E-state index contributed by atoms with van der Waals surface area (Å²) in [5.74, 6) is -12.0. The van der Waals surface area contributed by atoms with Crippen LogP contribution in [0.2, 0.25) is 0 Å². The monoisotopic (exact) mass is 458 g/mol. The van der Waals surface area contributed by atoms with Gasteiger partial charge in [0.2, 0.25) is 0 Å². The average Bonchev–Trinajstić information content (AvgIpc) is 2.41. The van der Waals surface area contributed by atoms with E-state index < -0.39 is 67.3 Å². The average molecular weight is 458 g/mol. The largest absolute Gasteiger partial charge is 0.461 e. The van der Waals surface area contributed by atoms with Crippen molar-refractivity contribution >= 4 is 11.9 Å². The third-order valence-corrected chi connectivity index (χ3v) is 3.01. The number of ether oxygens (including phenoxy) is 2. The predicted molar refractivity (Wildman–Crippen MR) is 66.9 cm³/mol. The summed E-state index contributed by atoms with van der Waals surface area (Å²) in [4.78, 5) is 22.5. The Labute approximate surface area is 153 Å². The number of carbonyl (C=O) groups excluding carboxylic acids is 2.